The number of halogens is 2. The van der Waals surface area contributed by atoms with Crippen molar-refractivity contribution < 1.29 is 4.74 Å². The fraction of sp³-hybridized carbons (Fsp3) is 0.250. The summed E-state index contributed by atoms with van der Waals surface area (Å²) in [4.78, 5) is 0. The van der Waals surface area contributed by atoms with Crippen molar-refractivity contribution in [1.82, 2.24) is 5.32 Å². The Hall–Kier alpha value is -1.03. The first-order valence-corrected chi connectivity index (χ1v) is 7.67. The second-order valence-corrected chi connectivity index (χ2v) is 5.72. The molecule has 2 aromatic carbocycles. The second-order valence-electron chi connectivity index (χ2n) is 4.39. The first-order chi connectivity index (χ1) is 9.65. The second kappa shape index (κ2) is 7.11. The molecule has 2 rings (SSSR count). The van der Waals surface area contributed by atoms with Crippen molar-refractivity contribution in [3.8, 4) is 5.75 Å². The molecule has 0 heterocycles. The molecular weight excluding hydrogens is 338 g/mol. The monoisotopic (exact) mass is 353 g/mol. The van der Waals surface area contributed by atoms with E-state index in [1.165, 1.54) is 0 Å². The summed E-state index contributed by atoms with van der Waals surface area (Å²) in [7, 11) is 1.93. The normalized spacial score (nSPS) is 12.2. The third-order valence-electron chi connectivity index (χ3n) is 3.06. The maximum Gasteiger partial charge on any atom is 0.119 e. The van der Waals surface area contributed by atoms with E-state index in [0.717, 1.165) is 26.4 Å². The number of rotatable bonds is 5. The summed E-state index contributed by atoms with van der Waals surface area (Å²) in [6.07, 6.45) is 0. The first-order valence-electron chi connectivity index (χ1n) is 6.50. The van der Waals surface area contributed by atoms with E-state index in [-0.39, 0.29) is 6.04 Å². The van der Waals surface area contributed by atoms with Gasteiger partial charge in [0.2, 0.25) is 0 Å². The molecule has 0 aliphatic carbocycles. The Labute approximate surface area is 133 Å². The van der Waals surface area contributed by atoms with E-state index in [1.54, 1.807) is 0 Å². The summed E-state index contributed by atoms with van der Waals surface area (Å²) in [6.45, 7) is 2.64. The molecule has 0 aliphatic heterocycles. The third kappa shape index (κ3) is 3.54. The average molecular weight is 355 g/mol. The largest absolute Gasteiger partial charge is 0.494 e. The van der Waals surface area contributed by atoms with E-state index < -0.39 is 0 Å². The topological polar surface area (TPSA) is 21.3 Å². The van der Waals surface area contributed by atoms with Gasteiger partial charge in [-0.1, -0.05) is 45.7 Å². The highest BCUT2D eigenvalue weighted by Crippen LogP contribution is 2.31. The number of ether oxygens (including phenoxy) is 1. The van der Waals surface area contributed by atoms with Crippen molar-refractivity contribution in [2.24, 2.45) is 0 Å². The van der Waals surface area contributed by atoms with Gasteiger partial charge in [0.25, 0.3) is 0 Å². The van der Waals surface area contributed by atoms with Gasteiger partial charge in [-0.3, -0.25) is 0 Å². The van der Waals surface area contributed by atoms with Crippen molar-refractivity contribution >= 4 is 27.5 Å². The smallest absolute Gasteiger partial charge is 0.119 e. The molecule has 2 aromatic rings. The molecule has 1 atom stereocenters. The van der Waals surface area contributed by atoms with Crippen molar-refractivity contribution in [1.29, 1.82) is 0 Å². The molecule has 0 saturated heterocycles. The number of nitrogens with one attached hydrogen (secondary N) is 1. The van der Waals surface area contributed by atoms with Crippen molar-refractivity contribution in [2.45, 2.75) is 13.0 Å². The predicted molar refractivity (Wildman–Crippen MR) is 87.7 cm³/mol. The molecule has 0 aromatic heterocycles. The third-order valence-corrected chi connectivity index (χ3v) is 3.89. The molecule has 0 saturated carbocycles. The molecular formula is C16H17BrClNO. The van der Waals surface area contributed by atoms with Crippen LogP contribution in [0.3, 0.4) is 0 Å². The van der Waals surface area contributed by atoms with E-state index >= 15 is 0 Å². The minimum Gasteiger partial charge on any atom is -0.494 e. The molecule has 20 heavy (non-hydrogen) atoms. The fourth-order valence-corrected chi connectivity index (χ4v) is 2.97. The highest BCUT2D eigenvalue weighted by Gasteiger charge is 2.15. The first kappa shape index (κ1) is 15.4. The van der Waals surface area contributed by atoms with Gasteiger partial charge >= 0.3 is 0 Å². The van der Waals surface area contributed by atoms with Crippen LogP contribution in [-0.2, 0) is 0 Å². The molecule has 2 nitrogen and oxygen atoms in total. The predicted octanol–water partition coefficient (Wildman–Crippen LogP) is 4.81. The van der Waals surface area contributed by atoms with Crippen molar-refractivity contribution in [3.63, 3.8) is 0 Å². The lowest BCUT2D eigenvalue weighted by Gasteiger charge is -2.19. The molecule has 0 amide bonds. The van der Waals surface area contributed by atoms with Gasteiger partial charge in [0.15, 0.2) is 0 Å². The SMILES string of the molecule is CCOc1cccc(C(NC)c2ccc(Br)cc2Cl)c1. The summed E-state index contributed by atoms with van der Waals surface area (Å²) < 4.78 is 6.53. The standard InChI is InChI=1S/C16H17BrClNO/c1-3-20-13-6-4-5-11(9-13)16(19-2)14-8-7-12(17)10-15(14)18/h4-10,16,19H,3H2,1-2H3. The van der Waals surface area contributed by atoms with Crippen LogP contribution in [-0.4, -0.2) is 13.7 Å². The Bertz CT molecular complexity index is 588. The van der Waals surface area contributed by atoms with Crippen molar-refractivity contribution in [2.75, 3.05) is 13.7 Å². The van der Waals surface area contributed by atoms with E-state index in [2.05, 4.69) is 27.3 Å². The maximum absolute atomic E-state index is 6.35. The molecule has 0 bridgehead atoms. The summed E-state index contributed by atoms with van der Waals surface area (Å²) >= 11 is 9.78. The molecule has 0 spiro atoms. The summed E-state index contributed by atoms with van der Waals surface area (Å²) in [5, 5.41) is 4.05. The van der Waals surface area contributed by atoms with E-state index in [4.69, 9.17) is 16.3 Å². The van der Waals surface area contributed by atoms with Crippen LogP contribution in [0.1, 0.15) is 24.1 Å². The van der Waals surface area contributed by atoms with Gasteiger partial charge in [-0.25, -0.2) is 0 Å². The van der Waals surface area contributed by atoms with Crippen LogP contribution in [0.2, 0.25) is 5.02 Å². The molecule has 1 N–H and O–H groups in total. The highest BCUT2D eigenvalue weighted by atomic mass is 79.9. The van der Waals surface area contributed by atoms with Gasteiger partial charge in [0.05, 0.1) is 12.6 Å². The molecule has 4 heteroatoms. The van der Waals surface area contributed by atoms with E-state index in [9.17, 15) is 0 Å². The summed E-state index contributed by atoms with van der Waals surface area (Å²) in [6, 6.07) is 14.0. The van der Waals surface area contributed by atoms with Crippen LogP contribution in [0, 0.1) is 0 Å². The van der Waals surface area contributed by atoms with Gasteiger partial charge in [0.1, 0.15) is 5.75 Å². The zero-order valence-corrected chi connectivity index (χ0v) is 13.8. The summed E-state index contributed by atoms with van der Waals surface area (Å²) in [5.74, 6) is 0.874. The van der Waals surface area contributed by atoms with Gasteiger partial charge in [-0.05, 0) is 49.4 Å². The minimum atomic E-state index is 0.0380. The molecule has 0 aliphatic rings. The van der Waals surface area contributed by atoms with Crippen LogP contribution in [0.4, 0.5) is 0 Å². The lowest BCUT2D eigenvalue weighted by molar-refractivity contribution is 0.339. The van der Waals surface area contributed by atoms with Gasteiger partial charge in [-0.2, -0.15) is 0 Å². The fourth-order valence-electron chi connectivity index (χ4n) is 2.19. The highest BCUT2D eigenvalue weighted by molar-refractivity contribution is 9.10. The lowest BCUT2D eigenvalue weighted by atomic mass is 9.98. The van der Waals surface area contributed by atoms with Crippen LogP contribution in [0.15, 0.2) is 46.9 Å². The van der Waals surface area contributed by atoms with Crippen LogP contribution < -0.4 is 10.1 Å². The minimum absolute atomic E-state index is 0.0380. The Balaban J connectivity index is 2.38. The maximum atomic E-state index is 6.35. The molecule has 0 fully saturated rings. The average Bonchev–Trinajstić information content (AvgIpc) is 2.43. The van der Waals surface area contributed by atoms with Crippen LogP contribution in [0.5, 0.6) is 5.75 Å². The molecule has 0 radical (unpaired) electrons. The zero-order chi connectivity index (χ0) is 14.5. The van der Waals surface area contributed by atoms with Crippen LogP contribution >= 0.6 is 27.5 Å². The van der Waals surface area contributed by atoms with E-state index in [0.29, 0.717) is 6.61 Å². The quantitative estimate of drug-likeness (QED) is 0.832. The Morgan fingerprint density at radius 1 is 1.25 bits per heavy atom. The lowest BCUT2D eigenvalue weighted by Crippen LogP contribution is -2.18. The van der Waals surface area contributed by atoms with Gasteiger partial charge in [-0.15, -0.1) is 0 Å². The van der Waals surface area contributed by atoms with E-state index in [1.807, 2.05) is 50.4 Å². The Kier molecular flexibility index (Phi) is 5.46. The summed E-state index contributed by atoms with van der Waals surface area (Å²) in [5.41, 5.74) is 2.17. The number of hydrogen-bond donors (Lipinski definition) is 1. The Morgan fingerprint density at radius 3 is 2.70 bits per heavy atom. The molecule has 1 unspecified atom stereocenters. The zero-order valence-electron chi connectivity index (χ0n) is 11.5. The van der Waals surface area contributed by atoms with Crippen LogP contribution in [0.25, 0.3) is 0 Å². The van der Waals surface area contributed by atoms with Gasteiger partial charge in [0, 0.05) is 9.50 Å². The molecule has 106 valence electrons. The number of hydrogen-bond acceptors (Lipinski definition) is 2. The van der Waals surface area contributed by atoms with Crippen molar-refractivity contribution in [3.05, 3.63) is 63.1 Å². The number of benzene rings is 2. The van der Waals surface area contributed by atoms with Gasteiger partial charge < -0.3 is 10.1 Å². The Morgan fingerprint density at radius 2 is 2.05 bits per heavy atom.